The lowest BCUT2D eigenvalue weighted by molar-refractivity contribution is -0.360. The van der Waals surface area contributed by atoms with Gasteiger partial charge in [0.05, 0.1) is 13.2 Å². The Morgan fingerprint density at radius 2 is 0.693 bits per heavy atom. The van der Waals surface area contributed by atoms with Crippen LogP contribution in [0.2, 0.25) is 0 Å². The normalized spacial score (nSPS) is 27.3. The minimum Gasteiger partial charge on any atom is -0.463 e. The maximum Gasteiger partial charge on any atom is 0.472 e. The zero-order valence-electron chi connectivity index (χ0n) is 61.9. The van der Waals surface area contributed by atoms with Crippen LogP contribution in [0.3, 0.4) is 0 Å². The van der Waals surface area contributed by atoms with E-state index in [1.807, 2.05) is 0 Å². The zero-order chi connectivity index (χ0) is 73.9. The summed E-state index contributed by atoms with van der Waals surface area (Å²) in [6, 6.07) is 0. The molecule has 2 heterocycles. The Balaban J connectivity index is 1.72. The van der Waals surface area contributed by atoms with Crippen LogP contribution >= 0.6 is 7.82 Å². The van der Waals surface area contributed by atoms with Crippen molar-refractivity contribution in [1.82, 2.24) is 0 Å². The molecule has 3 fully saturated rings. The van der Waals surface area contributed by atoms with E-state index in [1.165, 1.54) is 135 Å². The fourth-order valence-electron chi connectivity index (χ4n) is 13.0. The summed E-state index contributed by atoms with van der Waals surface area (Å²) in [6.07, 6.45) is 19.4. The van der Waals surface area contributed by atoms with Crippen LogP contribution in [0.5, 0.6) is 0 Å². The van der Waals surface area contributed by atoms with Crippen LogP contribution in [0, 0.1) is 0 Å². The first-order valence-electron chi connectivity index (χ1n) is 39.6. The molecule has 592 valence electrons. The molecule has 11 N–H and O–H groups in total. The van der Waals surface area contributed by atoms with Gasteiger partial charge >= 0.3 is 25.7 Å². The first kappa shape index (κ1) is 92.6. The molecule has 0 bridgehead atoms. The van der Waals surface area contributed by atoms with E-state index in [2.05, 4.69) is 45.1 Å². The SMILES string of the molecule is CCCCCC/C=C\CCCCCCCCCC(=O)OCC(COP(=O)(O)OC1C(OC2OC(CO)C(O)C(O)C2O)C(O)C(O)C(O)C1OC1OC(COC(=O)CCCCC/C=C\CCCCCCCCC)C(O)C(O)C1O)OC(=O)CCCCCCCCCCCCCCCCCCC. The Morgan fingerprint density at radius 3 is 1.09 bits per heavy atom. The quantitative estimate of drug-likeness (QED) is 0.00886. The zero-order valence-corrected chi connectivity index (χ0v) is 62.8. The summed E-state index contributed by atoms with van der Waals surface area (Å²) < 4.78 is 65.1. The molecule has 0 radical (unpaired) electrons. The molecule has 3 aliphatic rings. The number of rotatable bonds is 62. The number of carbonyl (C=O) groups is 3. The smallest absolute Gasteiger partial charge is 0.463 e. The van der Waals surface area contributed by atoms with Crippen molar-refractivity contribution in [2.75, 3.05) is 26.4 Å². The van der Waals surface area contributed by atoms with Gasteiger partial charge in [-0.2, -0.15) is 0 Å². The number of ether oxygens (including phenoxy) is 7. The van der Waals surface area contributed by atoms with E-state index in [9.17, 15) is 74.9 Å². The van der Waals surface area contributed by atoms with Gasteiger partial charge in [0, 0.05) is 19.3 Å². The first-order chi connectivity index (χ1) is 48.8. The molecule has 0 aromatic carbocycles. The predicted octanol–water partition coefficient (Wildman–Crippen LogP) is 11.7. The van der Waals surface area contributed by atoms with Crippen molar-refractivity contribution in [3.63, 3.8) is 0 Å². The van der Waals surface area contributed by atoms with Crippen LogP contribution < -0.4 is 0 Å². The van der Waals surface area contributed by atoms with Crippen molar-refractivity contribution in [3.05, 3.63) is 24.3 Å². The summed E-state index contributed by atoms with van der Waals surface area (Å²) in [5.41, 5.74) is 0. The average molecular weight is 1470 g/mol. The van der Waals surface area contributed by atoms with E-state index in [0.717, 1.165) is 116 Å². The number of allylic oxidation sites excluding steroid dienone is 4. The summed E-state index contributed by atoms with van der Waals surface area (Å²) in [5, 5.41) is 110. The fourth-order valence-corrected chi connectivity index (χ4v) is 13.9. The first-order valence-corrected chi connectivity index (χ1v) is 41.1. The van der Waals surface area contributed by atoms with Gasteiger partial charge in [0.15, 0.2) is 18.7 Å². The predicted molar refractivity (Wildman–Crippen MR) is 384 cm³/mol. The number of hydrogen-bond acceptors (Lipinski definition) is 23. The van der Waals surface area contributed by atoms with E-state index in [4.69, 9.17) is 42.2 Å². The molecule has 1 saturated carbocycles. The number of carbonyl (C=O) groups excluding carboxylic acids is 3. The highest BCUT2D eigenvalue weighted by atomic mass is 31.2. The topological polar surface area (TPSA) is 374 Å². The Morgan fingerprint density at radius 1 is 0.376 bits per heavy atom. The monoisotopic (exact) mass is 1470 g/mol. The van der Waals surface area contributed by atoms with E-state index in [0.29, 0.717) is 19.3 Å². The molecule has 0 aromatic heterocycles. The standard InChI is InChI=1S/C76H139O24P/c1-4-7-10-13-16-19-22-25-28-29-31-34-37-40-43-46-49-52-62(80)95-57(54-92-60(78)50-47-44-41-38-36-33-30-26-23-20-17-14-11-8-5-2)55-94-101(90,91)100-74-72(98-75-70(88)65(83)63(81)58(53-77)96-75)68(86)67(85)69(87)73(74)99-76-71(89)66(84)64(82)59(97-76)56-93-61(79)51-48-45-42-39-35-32-27-24-21-18-15-12-9-6-3/h20,23,32,35,57-59,63-77,81-89H,4-19,21-22,24-31,33-34,36-56H2,1-3H3,(H,90,91)/b23-20-,35-32-. The molecule has 2 saturated heterocycles. The van der Waals surface area contributed by atoms with Gasteiger partial charge in [-0.25, -0.2) is 4.57 Å². The Hall–Kier alpha value is -2.56. The third-order valence-corrected chi connectivity index (χ3v) is 20.4. The van der Waals surface area contributed by atoms with Crippen LogP contribution in [0.1, 0.15) is 310 Å². The average Bonchev–Trinajstić information content (AvgIpc) is 0.761. The van der Waals surface area contributed by atoms with Crippen molar-refractivity contribution < 1.29 is 117 Å². The summed E-state index contributed by atoms with van der Waals surface area (Å²) in [7, 11) is -5.70. The minimum absolute atomic E-state index is 0.00851. The largest absolute Gasteiger partial charge is 0.472 e. The number of unbranched alkanes of at least 4 members (excludes halogenated alkanes) is 37. The lowest BCUT2D eigenvalue weighted by Gasteiger charge is -2.49. The van der Waals surface area contributed by atoms with Gasteiger partial charge in [-0.1, -0.05) is 244 Å². The Bertz CT molecular complexity index is 2180. The summed E-state index contributed by atoms with van der Waals surface area (Å²) in [4.78, 5) is 51.1. The molecule has 18 unspecified atom stereocenters. The van der Waals surface area contributed by atoms with E-state index in [-0.39, 0.29) is 19.3 Å². The second-order valence-corrected chi connectivity index (χ2v) is 29.8. The van der Waals surface area contributed by atoms with Crippen molar-refractivity contribution in [3.8, 4) is 0 Å². The molecule has 101 heavy (non-hydrogen) atoms. The maximum atomic E-state index is 14.4. The number of aliphatic hydroxyl groups is 10. The van der Waals surface area contributed by atoms with Crippen molar-refractivity contribution in [2.24, 2.45) is 0 Å². The van der Waals surface area contributed by atoms with E-state index >= 15 is 0 Å². The van der Waals surface area contributed by atoms with Crippen LogP contribution in [-0.2, 0) is 61.2 Å². The highest BCUT2D eigenvalue weighted by Gasteiger charge is 2.58. The van der Waals surface area contributed by atoms with Crippen molar-refractivity contribution >= 4 is 25.7 Å². The van der Waals surface area contributed by atoms with E-state index in [1.54, 1.807) is 0 Å². The van der Waals surface area contributed by atoms with Crippen LogP contribution in [0.4, 0.5) is 0 Å². The number of esters is 3. The number of hydrogen-bond donors (Lipinski definition) is 11. The van der Waals surface area contributed by atoms with Crippen molar-refractivity contribution in [2.45, 2.75) is 414 Å². The van der Waals surface area contributed by atoms with Gasteiger partial charge in [0.25, 0.3) is 0 Å². The molecule has 24 nitrogen and oxygen atoms in total. The second-order valence-electron chi connectivity index (χ2n) is 28.4. The Kier molecular flexibility index (Phi) is 52.8. The van der Waals surface area contributed by atoms with Gasteiger partial charge in [-0.3, -0.25) is 23.4 Å². The lowest BCUT2D eigenvalue weighted by atomic mass is 9.84. The molecule has 0 amide bonds. The molecule has 25 heteroatoms. The maximum absolute atomic E-state index is 14.4. The van der Waals surface area contributed by atoms with Crippen LogP contribution in [-0.4, -0.2) is 204 Å². The molecule has 18 atom stereocenters. The van der Waals surface area contributed by atoms with Gasteiger partial charge in [-0.15, -0.1) is 0 Å². The molecular formula is C76H139O24P. The minimum atomic E-state index is -5.70. The molecule has 0 spiro atoms. The van der Waals surface area contributed by atoms with Crippen LogP contribution in [0.15, 0.2) is 24.3 Å². The summed E-state index contributed by atoms with van der Waals surface area (Å²) in [5.74, 6) is -2.00. The summed E-state index contributed by atoms with van der Waals surface area (Å²) >= 11 is 0. The number of phosphoric acid groups is 1. The van der Waals surface area contributed by atoms with Crippen molar-refractivity contribution in [1.29, 1.82) is 0 Å². The third-order valence-electron chi connectivity index (χ3n) is 19.5. The molecule has 3 rings (SSSR count). The molecular weight excluding hydrogens is 1330 g/mol. The highest BCUT2D eigenvalue weighted by molar-refractivity contribution is 7.47. The second kappa shape index (κ2) is 57.6. The Labute approximate surface area is 605 Å². The fraction of sp³-hybridized carbons (Fsp3) is 0.908. The summed E-state index contributed by atoms with van der Waals surface area (Å²) in [6.45, 7) is 3.45. The van der Waals surface area contributed by atoms with Gasteiger partial charge < -0.3 is 89.1 Å². The highest BCUT2D eigenvalue weighted by Crippen LogP contribution is 2.49. The van der Waals surface area contributed by atoms with Gasteiger partial charge in [-0.05, 0) is 70.6 Å². The third kappa shape index (κ3) is 40.3. The lowest BCUT2D eigenvalue weighted by Crippen LogP contribution is -2.69. The van der Waals surface area contributed by atoms with Crippen LogP contribution in [0.25, 0.3) is 0 Å². The molecule has 0 aromatic rings. The number of phosphoric ester groups is 1. The van der Waals surface area contributed by atoms with Gasteiger partial charge in [0.2, 0.25) is 0 Å². The molecule has 2 aliphatic heterocycles. The van der Waals surface area contributed by atoms with Gasteiger partial charge in [0.1, 0.15) is 98.7 Å². The number of aliphatic hydroxyl groups excluding tert-OH is 10. The molecule has 1 aliphatic carbocycles. The van der Waals surface area contributed by atoms with E-state index < -0.39 is 156 Å².